The summed E-state index contributed by atoms with van der Waals surface area (Å²) in [6, 6.07) is 3.19. The number of Topliss-reactive ketones (excluding diaryl/α,β-unsaturated/α-hetero) is 1. The summed E-state index contributed by atoms with van der Waals surface area (Å²) in [6.45, 7) is 4.72. The van der Waals surface area contributed by atoms with Gasteiger partial charge >= 0.3 is 0 Å². The molecule has 0 unspecified atom stereocenters. The van der Waals surface area contributed by atoms with Gasteiger partial charge in [0.05, 0.1) is 33.5 Å². The molecule has 1 N–H and O–H groups in total. The molecule has 0 saturated heterocycles. The van der Waals surface area contributed by atoms with E-state index in [4.69, 9.17) is 0 Å². The zero-order valence-electron chi connectivity index (χ0n) is 16.0. The number of carbonyl (C=O) groups excluding carboxylic acids is 2. The largest absolute Gasteiger partial charge is 0.503 e. The predicted molar refractivity (Wildman–Crippen MR) is 111 cm³/mol. The standard InChI is InChI=1S/C20H20N4O3S2/c1-12-19(29-13(2)22-12)17(25)15-16(14-5-3-10-28-14)24(20(27)18(15)26)8-4-7-23-9-6-21-11-23/h3,5-6,9-11,16,26H,4,7-8H2,1-2H3/t16-/m1/s1. The van der Waals surface area contributed by atoms with Crippen LogP contribution >= 0.6 is 22.7 Å². The van der Waals surface area contributed by atoms with E-state index in [9.17, 15) is 14.7 Å². The maximum Gasteiger partial charge on any atom is 0.290 e. The van der Waals surface area contributed by atoms with Gasteiger partial charge in [0.2, 0.25) is 5.78 Å². The number of amides is 1. The summed E-state index contributed by atoms with van der Waals surface area (Å²) in [4.78, 5) is 37.5. The van der Waals surface area contributed by atoms with E-state index in [1.165, 1.54) is 22.7 Å². The Labute approximate surface area is 176 Å². The molecule has 150 valence electrons. The summed E-state index contributed by atoms with van der Waals surface area (Å²) in [5, 5.41) is 13.3. The number of thiazole rings is 1. The summed E-state index contributed by atoms with van der Waals surface area (Å²) in [5.41, 5.74) is 0.764. The molecule has 29 heavy (non-hydrogen) atoms. The Bertz CT molecular complexity index is 1070. The Kier molecular flexibility index (Phi) is 5.33. The highest BCUT2D eigenvalue weighted by Crippen LogP contribution is 2.41. The summed E-state index contributed by atoms with van der Waals surface area (Å²) < 4.78 is 1.93. The van der Waals surface area contributed by atoms with Crippen molar-refractivity contribution in [1.29, 1.82) is 0 Å². The van der Waals surface area contributed by atoms with E-state index < -0.39 is 17.7 Å². The van der Waals surface area contributed by atoms with Gasteiger partial charge in [-0.05, 0) is 31.7 Å². The first kappa shape index (κ1) is 19.5. The van der Waals surface area contributed by atoms with Crippen LogP contribution in [-0.4, -0.2) is 42.8 Å². The number of aliphatic hydroxyl groups is 1. The number of thiophene rings is 1. The lowest BCUT2D eigenvalue weighted by Crippen LogP contribution is -2.32. The number of hydrogen-bond donors (Lipinski definition) is 1. The first-order chi connectivity index (χ1) is 14.0. The molecule has 0 saturated carbocycles. The second kappa shape index (κ2) is 7.92. The maximum atomic E-state index is 13.3. The molecule has 0 aromatic carbocycles. The lowest BCUT2D eigenvalue weighted by molar-refractivity contribution is -0.129. The van der Waals surface area contributed by atoms with Crippen LogP contribution in [0.3, 0.4) is 0 Å². The molecule has 1 amide bonds. The number of aromatic nitrogens is 3. The fraction of sp³-hybridized carbons (Fsp3) is 0.300. The van der Waals surface area contributed by atoms with Crippen LogP contribution in [0.25, 0.3) is 0 Å². The zero-order valence-corrected chi connectivity index (χ0v) is 17.7. The third-order valence-electron chi connectivity index (χ3n) is 4.85. The minimum atomic E-state index is -0.584. The second-order valence-electron chi connectivity index (χ2n) is 6.81. The molecule has 3 aromatic rings. The average molecular weight is 429 g/mol. The van der Waals surface area contributed by atoms with E-state index in [1.54, 1.807) is 24.3 Å². The van der Waals surface area contributed by atoms with Crippen molar-refractivity contribution in [3.63, 3.8) is 0 Å². The van der Waals surface area contributed by atoms with Crippen molar-refractivity contribution in [2.75, 3.05) is 6.54 Å². The van der Waals surface area contributed by atoms with Crippen LogP contribution in [0.4, 0.5) is 0 Å². The fourth-order valence-electron chi connectivity index (χ4n) is 3.57. The Morgan fingerprint density at radius 2 is 2.14 bits per heavy atom. The van der Waals surface area contributed by atoms with Crippen LogP contribution < -0.4 is 0 Å². The van der Waals surface area contributed by atoms with E-state index in [-0.39, 0.29) is 11.4 Å². The van der Waals surface area contributed by atoms with Gasteiger partial charge in [-0.25, -0.2) is 9.97 Å². The molecule has 0 radical (unpaired) electrons. The van der Waals surface area contributed by atoms with Crippen molar-refractivity contribution in [2.45, 2.75) is 32.9 Å². The Morgan fingerprint density at radius 3 is 2.76 bits per heavy atom. The van der Waals surface area contributed by atoms with Crippen LogP contribution in [0, 0.1) is 13.8 Å². The Morgan fingerprint density at radius 1 is 1.31 bits per heavy atom. The molecular formula is C20H20N4O3S2. The van der Waals surface area contributed by atoms with E-state index >= 15 is 0 Å². The molecule has 7 nitrogen and oxygen atoms in total. The van der Waals surface area contributed by atoms with Gasteiger partial charge in [-0.1, -0.05) is 6.07 Å². The molecule has 4 heterocycles. The second-order valence-corrected chi connectivity index (χ2v) is 8.99. The van der Waals surface area contributed by atoms with Gasteiger partial charge in [0.25, 0.3) is 5.91 Å². The van der Waals surface area contributed by atoms with Gasteiger partial charge < -0.3 is 14.6 Å². The van der Waals surface area contributed by atoms with Crippen molar-refractivity contribution in [1.82, 2.24) is 19.4 Å². The third-order valence-corrected chi connectivity index (χ3v) is 6.84. The summed E-state index contributed by atoms with van der Waals surface area (Å²) in [6.07, 6.45) is 5.97. The number of nitrogens with zero attached hydrogens (tertiary/aromatic N) is 4. The van der Waals surface area contributed by atoms with E-state index in [0.29, 0.717) is 30.1 Å². The van der Waals surface area contributed by atoms with Crippen molar-refractivity contribution < 1.29 is 14.7 Å². The summed E-state index contributed by atoms with van der Waals surface area (Å²) in [7, 11) is 0. The van der Waals surface area contributed by atoms with Crippen LogP contribution in [0.1, 0.15) is 37.7 Å². The fourth-order valence-corrected chi connectivity index (χ4v) is 5.29. The molecule has 1 aliphatic heterocycles. The number of aryl methyl sites for hydroxylation is 3. The average Bonchev–Trinajstić information content (AvgIpc) is 3.47. The summed E-state index contributed by atoms with van der Waals surface area (Å²) in [5.74, 6) is -1.28. The topological polar surface area (TPSA) is 88.3 Å². The molecule has 3 aromatic heterocycles. The number of imidazole rings is 1. The molecule has 0 bridgehead atoms. The van der Waals surface area contributed by atoms with Gasteiger partial charge in [0.1, 0.15) is 0 Å². The number of ketones is 1. The predicted octanol–water partition coefficient (Wildman–Crippen LogP) is 3.69. The van der Waals surface area contributed by atoms with Crippen LogP contribution in [0.5, 0.6) is 0 Å². The van der Waals surface area contributed by atoms with Crippen LogP contribution in [0.15, 0.2) is 47.6 Å². The van der Waals surface area contributed by atoms with Gasteiger partial charge in [-0.2, -0.15) is 0 Å². The van der Waals surface area contributed by atoms with Gasteiger partial charge in [0.15, 0.2) is 5.76 Å². The molecule has 4 rings (SSSR count). The normalized spacial score (nSPS) is 16.8. The number of aliphatic hydroxyl groups excluding tert-OH is 1. The van der Waals surface area contributed by atoms with E-state index in [2.05, 4.69) is 9.97 Å². The third kappa shape index (κ3) is 3.63. The highest BCUT2D eigenvalue weighted by atomic mass is 32.1. The monoisotopic (exact) mass is 428 g/mol. The Balaban J connectivity index is 1.65. The minimum absolute atomic E-state index is 0.145. The first-order valence-corrected chi connectivity index (χ1v) is 10.9. The van der Waals surface area contributed by atoms with Gasteiger partial charge in [-0.3, -0.25) is 9.59 Å². The van der Waals surface area contributed by atoms with Crippen molar-refractivity contribution in [2.24, 2.45) is 0 Å². The van der Waals surface area contributed by atoms with Crippen LogP contribution in [0.2, 0.25) is 0 Å². The number of hydrogen-bond acceptors (Lipinski definition) is 7. The van der Waals surface area contributed by atoms with E-state index in [0.717, 1.165) is 9.88 Å². The lowest BCUT2D eigenvalue weighted by Gasteiger charge is -2.25. The molecule has 0 aliphatic carbocycles. The Hall–Kier alpha value is -2.78. The highest BCUT2D eigenvalue weighted by molar-refractivity contribution is 7.14. The molecule has 1 atom stereocenters. The molecule has 1 aliphatic rings. The lowest BCUT2D eigenvalue weighted by atomic mass is 10.00. The molecule has 0 spiro atoms. The SMILES string of the molecule is Cc1nc(C)c(C(=O)C2=C(O)C(=O)N(CCCn3ccnc3)[C@@H]2c2cccs2)s1. The highest BCUT2D eigenvalue weighted by Gasteiger charge is 2.44. The van der Waals surface area contributed by atoms with Crippen LogP contribution in [-0.2, 0) is 11.3 Å². The maximum absolute atomic E-state index is 13.3. The smallest absolute Gasteiger partial charge is 0.290 e. The number of rotatable bonds is 7. The minimum Gasteiger partial charge on any atom is -0.503 e. The van der Waals surface area contributed by atoms with Gasteiger partial charge in [-0.15, -0.1) is 22.7 Å². The zero-order chi connectivity index (χ0) is 20.5. The molecular weight excluding hydrogens is 408 g/mol. The van der Waals surface area contributed by atoms with Gasteiger partial charge in [0, 0.05) is 30.4 Å². The molecule has 9 heteroatoms. The van der Waals surface area contributed by atoms with Crippen molar-refractivity contribution in [3.05, 3.63) is 68.0 Å². The number of carbonyl (C=O) groups is 2. The first-order valence-electron chi connectivity index (χ1n) is 9.19. The van der Waals surface area contributed by atoms with E-state index in [1.807, 2.05) is 35.2 Å². The van der Waals surface area contributed by atoms with Crippen molar-refractivity contribution in [3.8, 4) is 0 Å². The quantitative estimate of drug-likeness (QED) is 0.580. The molecule has 0 fully saturated rings. The van der Waals surface area contributed by atoms with Crippen molar-refractivity contribution >= 4 is 34.4 Å². The summed E-state index contributed by atoms with van der Waals surface area (Å²) >= 11 is 2.75.